The Kier molecular flexibility index (Phi) is 28.5. The first-order valence-electron chi connectivity index (χ1n) is 39.5. The molecule has 4 unspecified atom stereocenters. The summed E-state index contributed by atoms with van der Waals surface area (Å²) in [6.07, 6.45) is -29.1. The summed E-state index contributed by atoms with van der Waals surface area (Å²) in [5.74, 6) is -16.7. The van der Waals surface area contributed by atoms with Crippen molar-refractivity contribution in [3.05, 3.63) is 163 Å². The number of ether oxygens (including phenoxy) is 8. The quantitative estimate of drug-likeness (QED) is 0.0519. The summed E-state index contributed by atoms with van der Waals surface area (Å²) in [6, 6.07) is 10.0. The van der Waals surface area contributed by atoms with Crippen molar-refractivity contribution in [2.24, 2.45) is 17.4 Å². The minimum absolute atomic E-state index is 0.129. The summed E-state index contributed by atoms with van der Waals surface area (Å²) in [6.45, 7) is 5.50. The Morgan fingerprint density at radius 3 is 1.93 bits per heavy atom. The number of hydrogen-bond acceptors (Lipinski definition) is 31. The molecule has 0 aliphatic carbocycles. The van der Waals surface area contributed by atoms with E-state index in [0.717, 1.165) is 82.0 Å². The van der Waals surface area contributed by atoms with Crippen molar-refractivity contribution in [1.29, 1.82) is 0 Å². The lowest BCUT2D eigenvalue weighted by Gasteiger charge is -2.46. The molecular formula is C83H93Cl3N10O28S. The number of aliphatic hydroxyl groups excluding tert-OH is 8. The zero-order chi connectivity index (χ0) is 90.2. The zero-order valence-corrected chi connectivity index (χ0v) is 70.2. The Labute approximate surface area is 731 Å². The molecule has 11 bridgehead atoms. The molecule has 38 nitrogen and oxygen atoms in total. The van der Waals surface area contributed by atoms with Crippen LogP contribution in [-0.2, 0) is 68.6 Å². The Balaban J connectivity index is 0.967. The molecule has 6 aromatic carbocycles. The van der Waals surface area contributed by atoms with Crippen LogP contribution in [0.2, 0.25) is 15.1 Å². The summed E-state index contributed by atoms with van der Waals surface area (Å²) in [4.78, 5) is 122. The molecule has 9 heterocycles. The van der Waals surface area contributed by atoms with E-state index in [1.807, 2.05) is 24.3 Å². The molecule has 8 aliphatic heterocycles. The first kappa shape index (κ1) is 92.5. The molecule has 3 saturated heterocycles. The van der Waals surface area contributed by atoms with E-state index in [-0.39, 0.29) is 48.5 Å². The number of carbonyl (C=O) groups is 8. The third kappa shape index (κ3) is 20.3. The van der Waals surface area contributed by atoms with E-state index < -0.39 is 279 Å². The van der Waals surface area contributed by atoms with Crippen LogP contribution >= 0.6 is 46.1 Å². The minimum atomic E-state index is -2.42. The zero-order valence-electron chi connectivity index (χ0n) is 67.1. The SMILES string of the molecule is CN[C@H](CC(C)C)C(=O)N[C@H]1C(=O)N[C@@H](CC(N)=O)C(=O)N[C@H]2C(=O)N[C@H]3C(=O)NC(C(=O)N[C@@H](C(=O)O)c4cc(O)cc(O)c4-c4cc3ccc4O)C(O[C@H]3C[C@](C)(N)[C@@H](O)[C@H](C)O3)c3ccc(c(Cl)c3)Oc3cc2cc(c3OC2O[C@H](CO)[C@@H](OC3O[C@H](CNCc4ccc(-c5ccc(Cl)cc5)s4)[C@H](O)[C@H](O)[C@H]3O)[C@H](O)[C@H]2O)Oc2ccc(cc2Cl)[C@H]1O. The van der Waals surface area contributed by atoms with E-state index in [9.17, 15) is 75.7 Å². The molecule has 670 valence electrons. The van der Waals surface area contributed by atoms with Gasteiger partial charge in [-0.1, -0.05) is 79.0 Å². The number of phenolic OH excluding ortho intramolecular Hbond substituents is 3. The van der Waals surface area contributed by atoms with Crippen molar-refractivity contribution < 1.29 is 138 Å². The van der Waals surface area contributed by atoms with Crippen LogP contribution in [0.4, 0.5) is 0 Å². The number of phenols is 3. The van der Waals surface area contributed by atoms with E-state index in [1.54, 1.807) is 26.0 Å². The van der Waals surface area contributed by atoms with E-state index in [1.165, 1.54) is 44.4 Å². The number of benzene rings is 6. The van der Waals surface area contributed by atoms with Crippen LogP contribution in [0.1, 0.15) is 110 Å². The normalized spacial score (nSPS) is 29.8. The number of primary amides is 1. The van der Waals surface area contributed by atoms with Crippen LogP contribution in [0.15, 0.2) is 115 Å². The third-order valence-electron chi connectivity index (χ3n) is 22.1. The van der Waals surface area contributed by atoms with Crippen molar-refractivity contribution in [2.45, 2.75) is 193 Å². The number of hydrogen-bond donors (Lipinski definition) is 22. The molecule has 0 saturated carbocycles. The largest absolute Gasteiger partial charge is 0.508 e. The minimum Gasteiger partial charge on any atom is -0.508 e. The number of carboxylic acids is 1. The highest BCUT2D eigenvalue weighted by Crippen LogP contribution is 2.51. The van der Waals surface area contributed by atoms with E-state index in [4.69, 9.17) is 84.2 Å². The molecule has 15 rings (SSSR count). The molecular weight excluding hydrogens is 1720 g/mol. The highest BCUT2D eigenvalue weighted by molar-refractivity contribution is 7.15. The molecule has 8 aliphatic rings. The van der Waals surface area contributed by atoms with E-state index >= 15 is 24.0 Å². The van der Waals surface area contributed by atoms with Crippen LogP contribution in [-0.4, -0.2) is 238 Å². The van der Waals surface area contributed by atoms with Crippen molar-refractivity contribution in [3.63, 3.8) is 0 Å². The topological polar surface area (TPSA) is 601 Å². The molecule has 0 radical (unpaired) electrons. The van der Waals surface area contributed by atoms with Gasteiger partial charge in [-0.3, -0.25) is 33.6 Å². The Bertz CT molecular complexity index is 5230. The van der Waals surface area contributed by atoms with Crippen molar-refractivity contribution >= 4 is 93.5 Å². The van der Waals surface area contributed by atoms with Gasteiger partial charge in [-0.2, -0.15) is 0 Å². The summed E-state index contributed by atoms with van der Waals surface area (Å²) in [7, 11) is 1.46. The molecule has 0 spiro atoms. The van der Waals surface area contributed by atoms with Crippen LogP contribution < -0.4 is 68.2 Å². The predicted octanol–water partition coefficient (Wildman–Crippen LogP) is 2.11. The van der Waals surface area contributed by atoms with Crippen LogP contribution in [0.5, 0.6) is 46.0 Å². The number of aromatic hydroxyl groups is 3. The average molecular weight is 1820 g/mol. The highest BCUT2D eigenvalue weighted by Gasteiger charge is 2.53. The monoisotopic (exact) mass is 1810 g/mol. The molecule has 7 aromatic rings. The van der Waals surface area contributed by atoms with Gasteiger partial charge in [-0.25, -0.2) is 4.79 Å². The van der Waals surface area contributed by atoms with Gasteiger partial charge in [-0.15, -0.1) is 11.3 Å². The molecule has 23 atom stereocenters. The van der Waals surface area contributed by atoms with Gasteiger partial charge in [0.1, 0.15) is 120 Å². The first-order valence-corrected chi connectivity index (χ1v) is 41.4. The van der Waals surface area contributed by atoms with Gasteiger partial charge >= 0.3 is 5.97 Å². The number of carbonyl (C=O) groups excluding carboxylic acids is 7. The number of aliphatic carboxylic acids is 1. The molecule has 7 amide bonds. The predicted molar refractivity (Wildman–Crippen MR) is 441 cm³/mol. The summed E-state index contributed by atoms with van der Waals surface area (Å²) in [5.41, 5.74) is 8.91. The maximum Gasteiger partial charge on any atom is 0.330 e. The second kappa shape index (κ2) is 38.6. The molecule has 125 heavy (non-hydrogen) atoms. The maximum atomic E-state index is 16.4. The van der Waals surface area contributed by atoms with Gasteiger partial charge in [0.2, 0.25) is 53.4 Å². The second-order valence-corrected chi connectivity index (χ2v) is 34.2. The number of amides is 7. The van der Waals surface area contributed by atoms with Crippen molar-refractivity contribution in [2.75, 3.05) is 20.2 Å². The Hall–Kier alpha value is -10.2. The lowest BCUT2D eigenvalue weighted by Crippen LogP contribution is -2.65. The van der Waals surface area contributed by atoms with Gasteiger partial charge in [0.05, 0.1) is 41.3 Å². The smallest absolute Gasteiger partial charge is 0.330 e. The number of aliphatic hydroxyl groups is 8. The molecule has 42 heteroatoms. The highest BCUT2D eigenvalue weighted by atomic mass is 35.5. The molecule has 1 aromatic heterocycles. The van der Waals surface area contributed by atoms with Crippen LogP contribution in [0.3, 0.4) is 0 Å². The Morgan fingerprint density at radius 2 is 1.29 bits per heavy atom. The fourth-order valence-corrected chi connectivity index (χ4v) is 17.1. The van der Waals surface area contributed by atoms with Gasteiger partial charge in [-0.05, 0) is 140 Å². The average Bonchev–Trinajstić information content (AvgIpc) is 1.12. The van der Waals surface area contributed by atoms with Gasteiger partial charge in [0.15, 0.2) is 30.1 Å². The van der Waals surface area contributed by atoms with E-state index in [0.29, 0.717) is 5.02 Å². The number of carboxylic acid groups (broad SMARTS) is 1. The summed E-state index contributed by atoms with van der Waals surface area (Å²) in [5, 5.41) is 160. The maximum absolute atomic E-state index is 16.4. The number of thiophene rings is 1. The number of halogens is 3. The Morgan fingerprint density at radius 1 is 0.656 bits per heavy atom. The van der Waals surface area contributed by atoms with Crippen LogP contribution in [0, 0.1) is 5.92 Å². The lowest BCUT2D eigenvalue weighted by molar-refractivity contribution is -0.350. The summed E-state index contributed by atoms with van der Waals surface area (Å²) >= 11 is 22.1. The molecule has 24 N–H and O–H groups in total. The van der Waals surface area contributed by atoms with Gasteiger partial charge < -0.3 is 153 Å². The standard InChI is InChI=1S/C83H93Cl3N10O28S/c1-31(2)18-45(89-5)74(109)95-62-64(102)35-9-15-49(43(85)20-35)118-51-22-37-23-52(71(51)123-82-69(107)67(105)72(54(30-97)121-82)124-81-68(106)66(104)65(103)53(120-81)29-90-28-40-13-17-55(125-40)33-6-11-38(84)12-7-33)119-50-16-10-36(21-44(50)86)70(122-57-27-83(4,88)73(108)32(3)117-57)63-79(114)94-61(80(115)116)42-24-39(98)25-48(100)58(42)41-19-34(8-14-47(41)99)59(76(111)96-63)93-77(112)60(37)92-75(110)46(26-56(87)101)91-78(62)113/h6-17,19-25,31-32,45-46,53-54,57,59-70,72-73,81-82,89-90,97-100,102-108H,18,26-30,88H2,1-5H3,(H2,87,101)(H,91,113)(H,92,110)(H,93,112)(H,94,114)(H,95,109)(H,96,111)(H,115,116)/t32-,45+,46-,53+,54+,57-,59+,60+,61+,62+,63?,64+,65-,66-,67+,68+,69+,70?,72+,73-,81?,82?,83-/m0/s1. The van der Waals surface area contributed by atoms with Crippen LogP contribution in [0.25, 0.3) is 21.6 Å². The van der Waals surface area contributed by atoms with Crippen molar-refractivity contribution in [3.8, 4) is 67.6 Å². The number of rotatable bonds is 20. The van der Waals surface area contributed by atoms with E-state index in [2.05, 4.69) is 42.5 Å². The molecule has 3 fully saturated rings. The lowest BCUT2D eigenvalue weighted by atomic mass is 9.86. The second-order valence-electron chi connectivity index (χ2n) is 31.7. The number of fused-ring (bicyclic) bond motifs is 15. The number of nitrogens with two attached hydrogens (primary N) is 2. The third-order valence-corrected chi connectivity index (χ3v) is 24.1. The first-order chi connectivity index (χ1) is 59.3. The fraction of sp³-hybridized carbons (Fsp3) is 0.422. The van der Waals surface area contributed by atoms with Crippen molar-refractivity contribution in [1.82, 2.24) is 42.5 Å². The van der Waals surface area contributed by atoms with Gasteiger partial charge in [0.25, 0.3) is 0 Å². The fourth-order valence-electron chi connectivity index (χ4n) is 15.6. The number of nitrogens with one attached hydrogen (secondary N) is 8. The van der Waals surface area contributed by atoms with Gasteiger partial charge in [0, 0.05) is 62.6 Å². The summed E-state index contributed by atoms with van der Waals surface area (Å²) < 4.78 is 51.3. The number of likely N-dealkylation sites (N-methyl/N-ethyl adjacent to an activating group) is 1.